The highest BCUT2D eigenvalue weighted by atomic mass is 16.6. The monoisotopic (exact) mass is 345 g/mol. The average Bonchev–Trinajstić information content (AvgIpc) is 3.08. The van der Waals surface area contributed by atoms with E-state index in [2.05, 4.69) is 6.92 Å². The van der Waals surface area contributed by atoms with Gasteiger partial charge in [-0.3, -0.25) is 4.90 Å². The van der Waals surface area contributed by atoms with Crippen molar-refractivity contribution in [2.75, 3.05) is 18.6 Å². The molecule has 0 aliphatic rings. The van der Waals surface area contributed by atoms with Gasteiger partial charge < -0.3 is 13.9 Å². The molecule has 0 fully saturated rings. The van der Waals surface area contributed by atoms with Crippen LogP contribution in [0.3, 0.4) is 0 Å². The van der Waals surface area contributed by atoms with Gasteiger partial charge in [0.2, 0.25) is 0 Å². The number of anilines is 1. The lowest BCUT2D eigenvalue weighted by Crippen LogP contribution is -2.37. The first kappa shape index (κ1) is 18.9. The van der Waals surface area contributed by atoms with Crippen LogP contribution in [0.1, 0.15) is 45.8 Å². The Bertz CT molecular complexity index is 656. The highest BCUT2D eigenvalue weighted by Gasteiger charge is 2.24. The Hall–Kier alpha value is -2.43. The van der Waals surface area contributed by atoms with Crippen molar-refractivity contribution in [3.8, 4) is 5.75 Å². The molecule has 0 aliphatic heterocycles. The summed E-state index contributed by atoms with van der Waals surface area (Å²) in [6.07, 6.45) is 2.07. The Morgan fingerprint density at radius 3 is 2.40 bits per heavy atom. The zero-order chi connectivity index (χ0) is 18.4. The number of carbonyl (C=O) groups excluding carboxylic acids is 1. The normalized spacial score (nSPS) is 12.5. The van der Waals surface area contributed by atoms with Crippen molar-refractivity contribution in [2.45, 2.75) is 45.6 Å². The lowest BCUT2D eigenvalue weighted by Gasteiger charge is -2.28. The molecule has 1 aromatic heterocycles. The van der Waals surface area contributed by atoms with E-state index in [0.717, 1.165) is 23.6 Å². The van der Waals surface area contributed by atoms with Crippen molar-refractivity contribution in [2.24, 2.45) is 0 Å². The molecule has 5 nitrogen and oxygen atoms in total. The smallest absolute Gasteiger partial charge is 0.414 e. The van der Waals surface area contributed by atoms with Gasteiger partial charge in [0.15, 0.2) is 0 Å². The second-order valence-corrected chi connectivity index (χ2v) is 7.04. The van der Waals surface area contributed by atoms with Gasteiger partial charge in [0, 0.05) is 18.2 Å². The lowest BCUT2D eigenvalue weighted by molar-refractivity contribution is 0.0579. The van der Waals surface area contributed by atoms with E-state index in [9.17, 15) is 4.79 Å². The first-order valence-electron chi connectivity index (χ1n) is 8.48. The van der Waals surface area contributed by atoms with Crippen LogP contribution in [0.4, 0.5) is 10.5 Å². The zero-order valence-electron chi connectivity index (χ0n) is 15.6. The largest absolute Gasteiger partial charge is 0.497 e. The third-order valence-electron chi connectivity index (χ3n) is 3.81. The Morgan fingerprint density at radius 2 is 1.88 bits per heavy atom. The number of benzene rings is 1. The second-order valence-electron chi connectivity index (χ2n) is 7.04. The first-order valence-corrected chi connectivity index (χ1v) is 8.48. The Kier molecular flexibility index (Phi) is 6.12. The highest BCUT2D eigenvalue weighted by molar-refractivity contribution is 5.87. The molecule has 0 saturated carbocycles. The summed E-state index contributed by atoms with van der Waals surface area (Å²) in [7, 11) is 1.62. The van der Waals surface area contributed by atoms with Crippen LogP contribution in [0, 0.1) is 0 Å². The maximum absolute atomic E-state index is 12.7. The molecule has 0 unspecified atom stereocenters. The minimum Gasteiger partial charge on any atom is -0.497 e. The van der Waals surface area contributed by atoms with Gasteiger partial charge in [0.25, 0.3) is 0 Å². The quantitative estimate of drug-likeness (QED) is 0.720. The van der Waals surface area contributed by atoms with Crippen molar-refractivity contribution >= 4 is 11.8 Å². The fraction of sp³-hybridized carbons (Fsp3) is 0.450. The SMILES string of the molecule is COc1ccc(N(CC[C@H](C)c2ccco2)C(=O)OC(C)(C)C)cc1. The first-order chi connectivity index (χ1) is 11.8. The Morgan fingerprint density at radius 1 is 1.20 bits per heavy atom. The van der Waals surface area contributed by atoms with Gasteiger partial charge in [-0.15, -0.1) is 0 Å². The van der Waals surface area contributed by atoms with Crippen LogP contribution in [-0.2, 0) is 4.74 Å². The van der Waals surface area contributed by atoms with E-state index in [1.54, 1.807) is 18.3 Å². The number of amides is 1. The van der Waals surface area contributed by atoms with Crippen LogP contribution >= 0.6 is 0 Å². The molecule has 5 heteroatoms. The van der Waals surface area contributed by atoms with E-state index in [1.807, 2.05) is 57.2 Å². The molecular weight excluding hydrogens is 318 g/mol. The molecule has 0 aliphatic carbocycles. The number of ether oxygens (including phenoxy) is 2. The fourth-order valence-electron chi connectivity index (χ4n) is 2.44. The minimum absolute atomic E-state index is 0.207. The summed E-state index contributed by atoms with van der Waals surface area (Å²) in [4.78, 5) is 14.3. The van der Waals surface area contributed by atoms with Crippen LogP contribution in [0.25, 0.3) is 0 Å². The average molecular weight is 345 g/mol. The number of hydrogen-bond acceptors (Lipinski definition) is 4. The molecule has 1 heterocycles. The van der Waals surface area contributed by atoms with Gasteiger partial charge in [-0.2, -0.15) is 0 Å². The van der Waals surface area contributed by atoms with Crippen LogP contribution in [-0.4, -0.2) is 25.3 Å². The fourth-order valence-corrected chi connectivity index (χ4v) is 2.44. The van der Waals surface area contributed by atoms with E-state index in [0.29, 0.717) is 6.54 Å². The standard InChI is InChI=1S/C20H27NO4/c1-15(18-7-6-14-24-18)12-13-21(19(22)25-20(2,3)4)16-8-10-17(23-5)11-9-16/h6-11,14-15H,12-13H2,1-5H3/t15-/m0/s1. The van der Waals surface area contributed by atoms with E-state index in [4.69, 9.17) is 13.9 Å². The van der Waals surface area contributed by atoms with Crippen LogP contribution in [0.2, 0.25) is 0 Å². The summed E-state index contributed by atoms with van der Waals surface area (Å²) >= 11 is 0. The minimum atomic E-state index is -0.547. The molecule has 2 rings (SSSR count). The van der Waals surface area contributed by atoms with Crippen molar-refractivity contribution in [3.63, 3.8) is 0 Å². The molecule has 0 N–H and O–H groups in total. The number of methoxy groups -OCH3 is 1. The number of furan rings is 1. The summed E-state index contributed by atoms with van der Waals surface area (Å²) in [5.41, 5.74) is 0.232. The van der Waals surface area contributed by atoms with Gasteiger partial charge in [-0.25, -0.2) is 4.79 Å². The van der Waals surface area contributed by atoms with Crippen LogP contribution in [0.5, 0.6) is 5.75 Å². The third kappa shape index (κ3) is 5.55. The lowest BCUT2D eigenvalue weighted by atomic mass is 10.0. The molecule has 25 heavy (non-hydrogen) atoms. The molecule has 2 aromatic rings. The topological polar surface area (TPSA) is 51.9 Å². The molecule has 1 atom stereocenters. The summed E-state index contributed by atoms with van der Waals surface area (Å²) in [5, 5.41) is 0. The summed E-state index contributed by atoms with van der Waals surface area (Å²) in [5.74, 6) is 1.87. The van der Waals surface area contributed by atoms with Crippen LogP contribution < -0.4 is 9.64 Å². The molecule has 1 amide bonds. The number of nitrogens with zero attached hydrogens (tertiary/aromatic N) is 1. The maximum atomic E-state index is 12.7. The van der Waals surface area contributed by atoms with Gasteiger partial charge in [0.1, 0.15) is 17.1 Å². The number of rotatable bonds is 6. The maximum Gasteiger partial charge on any atom is 0.414 e. The summed E-state index contributed by atoms with van der Waals surface area (Å²) in [6, 6.07) is 11.2. The molecule has 0 spiro atoms. The molecule has 136 valence electrons. The van der Waals surface area contributed by atoms with E-state index in [1.165, 1.54) is 0 Å². The van der Waals surface area contributed by atoms with Gasteiger partial charge in [-0.05, 0) is 63.6 Å². The van der Waals surface area contributed by atoms with E-state index in [-0.39, 0.29) is 12.0 Å². The number of carbonyl (C=O) groups is 1. The van der Waals surface area contributed by atoms with Crippen LogP contribution in [0.15, 0.2) is 47.1 Å². The predicted octanol–water partition coefficient (Wildman–Crippen LogP) is 5.22. The molecular formula is C20H27NO4. The summed E-state index contributed by atoms with van der Waals surface area (Å²) < 4.78 is 16.2. The third-order valence-corrected chi connectivity index (χ3v) is 3.81. The Labute approximate surface area is 149 Å². The van der Waals surface area contributed by atoms with Gasteiger partial charge in [-0.1, -0.05) is 6.92 Å². The van der Waals surface area contributed by atoms with E-state index < -0.39 is 5.60 Å². The highest BCUT2D eigenvalue weighted by Crippen LogP contribution is 2.25. The van der Waals surface area contributed by atoms with Gasteiger partial charge >= 0.3 is 6.09 Å². The van der Waals surface area contributed by atoms with Crippen molar-refractivity contribution < 1.29 is 18.7 Å². The van der Waals surface area contributed by atoms with Crippen molar-refractivity contribution in [3.05, 3.63) is 48.4 Å². The van der Waals surface area contributed by atoms with E-state index >= 15 is 0 Å². The molecule has 0 radical (unpaired) electrons. The number of hydrogen-bond donors (Lipinski definition) is 0. The predicted molar refractivity (Wildman–Crippen MR) is 98.3 cm³/mol. The molecule has 0 saturated heterocycles. The van der Waals surface area contributed by atoms with Crippen molar-refractivity contribution in [1.29, 1.82) is 0 Å². The molecule has 1 aromatic carbocycles. The van der Waals surface area contributed by atoms with Gasteiger partial charge in [0.05, 0.1) is 13.4 Å². The molecule has 0 bridgehead atoms. The van der Waals surface area contributed by atoms with Crippen molar-refractivity contribution in [1.82, 2.24) is 0 Å². The second kappa shape index (κ2) is 8.10. The Balaban J connectivity index is 2.14. The zero-order valence-corrected chi connectivity index (χ0v) is 15.6. The summed E-state index contributed by atoms with van der Waals surface area (Å²) in [6.45, 7) is 8.21.